The van der Waals surface area contributed by atoms with Crippen molar-refractivity contribution < 1.29 is 29.3 Å². The fourth-order valence-corrected chi connectivity index (χ4v) is 3.29. The van der Waals surface area contributed by atoms with Gasteiger partial charge in [-0.25, -0.2) is 0 Å². The number of esters is 1. The fraction of sp³-hybridized carbons (Fsp3) is 0.652. The summed E-state index contributed by atoms with van der Waals surface area (Å²) in [4.78, 5) is 22.2. The third-order valence-electron chi connectivity index (χ3n) is 4.93. The Bertz CT molecular complexity index is 599. The molecule has 0 amide bonds. The van der Waals surface area contributed by atoms with Gasteiger partial charge in [0.1, 0.15) is 5.75 Å². The van der Waals surface area contributed by atoms with Crippen molar-refractivity contribution >= 4 is 11.9 Å². The van der Waals surface area contributed by atoms with Crippen molar-refractivity contribution in [1.82, 2.24) is 0 Å². The van der Waals surface area contributed by atoms with Crippen LogP contribution in [-0.2, 0) is 27.2 Å². The molecule has 0 fully saturated rings. The molecule has 0 spiro atoms. The molecule has 6 nitrogen and oxygen atoms in total. The molecule has 29 heavy (non-hydrogen) atoms. The number of aryl methyl sites for hydroxylation is 1. The number of methoxy groups -OCH3 is 1. The van der Waals surface area contributed by atoms with Gasteiger partial charge in [-0.15, -0.1) is 0 Å². The molecule has 0 aliphatic carbocycles. The normalized spacial score (nSPS) is 10.7. The summed E-state index contributed by atoms with van der Waals surface area (Å²) in [5.74, 6) is -0.189. The maximum absolute atomic E-state index is 11.1. The van der Waals surface area contributed by atoms with Gasteiger partial charge in [0.05, 0.1) is 13.7 Å². The lowest BCUT2D eigenvalue weighted by Gasteiger charge is -2.15. The molecule has 0 aliphatic heterocycles. The van der Waals surface area contributed by atoms with E-state index in [0.29, 0.717) is 19.4 Å². The fourth-order valence-electron chi connectivity index (χ4n) is 3.29. The maximum Gasteiger partial charge on any atom is 0.305 e. The van der Waals surface area contributed by atoms with E-state index in [1.54, 1.807) is 0 Å². The van der Waals surface area contributed by atoms with Crippen LogP contribution in [-0.4, -0.2) is 42.5 Å². The SMILES string of the molecule is COC(=O)CCCCCCOc1cccc(CCCCCCO)c1CCC(=O)O. The molecule has 0 aromatic heterocycles. The van der Waals surface area contributed by atoms with Gasteiger partial charge in [0.25, 0.3) is 0 Å². The smallest absolute Gasteiger partial charge is 0.305 e. The first-order chi connectivity index (χ1) is 14.1. The minimum absolute atomic E-state index is 0.0887. The minimum Gasteiger partial charge on any atom is -0.493 e. The largest absolute Gasteiger partial charge is 0.493 e. The Kier molecular flexibility index (Phi) is 13.6. The summed E-state index contributed by atoms with van der Waals surface area (Å²) < 4.78 is 10.6. The van der Waals surface area contributed by atoms with Crippen molar-refractivity contribution in [2.75, 3.05) is 20.3 Å². The minimum atomic E-state index is -0.806. The van der Waals surface area contributed by atoms with Crippen LogP contribution in [0.2, 0.25) is 0 Å². The van der Waals surface area contributed by atoms with Gasteiger partial charge in [-0.05, 0) is 55.7 Å². The van der Waals surface area contributed by atoms with Gasteiger partial charge < -0.3 is 19.7 Å². The third-order valence-corrected chi connectivity index (χ3v) is 4.93. The molecule has 0 unspecified atom stereocenters. The number of aliphatic carboxylic acids is 1. The van der Waals surface area contributed by atoms with Crippen molar-refractivity contribution in [3.8, 4) is 5.75 Å². The van der Waals surface area contributed by atoms with E-state index in [-0.39, 0.29) is 19.0 Å². The monoisotopic (exact) mass is 408 g/mol. The molecule has 0 aliphatic rings. The zero-order chi connectivity index (χ0) is 21.3. The van der Waals surface area contributed by atoms with Crippen LogP contribution >= 0.6 is 0 Å². The second-order valence-electron chi connectivity index (χ2n) is 7.26. The first-order valence-electron chi connectivity index (χ1n) is 10.7. The van der Waals surface area contributed by atoms with E-state index in [1.165, 1.54) is 7.11 Å². The van der Waals surface area contributed by atoms with Gasteiger partial charge >= 0.3 is 11.9 Å². The molecule has 2 N–H and O–H groups in total. The van der Waals surface area contributed by atoms with Gasteiger partial charge in [-0.1, -0.05) is 37.8 Å². The Morgan fingerprint density at radius 1 is 0.897 bits per heavy atom. The van der Waals surface area contributed by atoms with E-state index in [9.17, 15) is 9.59 Å². The van der Waals surface area contributed by atoms with Gasteiger partial charge in [-0.2, -0.15) is 0 Å². The number of unbranched alkanes of at least 4 members (excludes halogenated alkanes) is 6. The molecule has 0 saturated heterocycles. The summed E-state index contributed by atoms with van der Waals surface area (Å²) >= 11 is 0. The van der Waals surface area contributed by atoms with Crippen LogP contribution < -0.4 is 4.74 Å². The molecule has 0 atom stereocenters. The number of aliphatic hydroxyl groups excluding tert-OH is 1. The number of hydrogen-bond acceptors (Lipinski definition) is 5. The highest BCUT2D eigenvalue weighted by molar-refractivity contribution is 5.69. The van der Waals surface area contributed by atoms with Crippen molar-refractivity contribution in [3.63, 3.8) is 0 Å². The summed E-state index contributed by atoms with van der Waals surface area (Å²) in [6.07, 6.45) is 9.46. The highest BCUT2D eigenvalue weighted by Crippen LogP contribution is 2.26. The summed E-state index contributed by atoms with van der Waals surface area (Å²) in [5, 5.41) is 18.0. The van der Waals surface area contributed by atoms with E-state index < -0.39 is 5.97 Å². The zero-order valence-electron chi connectivity index (χ0n) is 17.7. The molecule has 0 heterocycles. The average Bonchev–Trinajstić information content (AvgIpc) is 2.71. The second kappa shape index (κ2) is 15.8. The van der Waals surface area contributed by atoms with Crippen molar-refractivity contribution in [2.45, 2.75) is 77.0 Å². The van der Waals surface area contributed by atoms with Crippen LogP contribution in [0.4, 0.5) is 0 Å². The lowest BCUT2D eigenvalue weighted by Crippen LogP contribution is -2.06. The van der Waals surface area contributed by atoms with Crippen LogP contribution in [0.15, 0.2) is 18.2 Å². The molecule has 1 aromatic carbocycles. The number of carboxylic acid groups (broad SMARTS) is 1. The van der Waals surface area contributed by atoms with E-state index in [4.69, 9.17) is 14.9 Å². The van der Waals surface area contributed by atoms with Crippen LogP contribution in [0, 0.1) is 0 Å². The van der Waals surface area contributed by atoms with Crippen LogP contribution in [0.3, 0.4) is 0 Å². The molecule has 1 aromatic rings. The number of ether oxygens (including phenoxy) is 2. The number of carbonyl (C=O) groups is 2. The Morgan fingerprint density at radius 3 is 2.34 bits per heavy atom. The van der Waals surface area contributed by atoms with Gasteiger partial charge in [0.2, 0.25) is 0 Å². The summed E-state index contributed by atoms with van der Waals surface area (Å²) in [6, 6.07) is 5.95. The molecule has 164 valence electrons. The lowest BCUT2D eigenvalue weighted by atomic mass is 9.97. The van der Waals surface area contributed by atoms with E-state index in [2.05, 4.69) is 10.8 Å². The molecule has 1 rings (SSSR count). The maximum atomic E-state index is 11.1. The molecule has 6 heteroatoms. The average molecular weight is 409 g/mol. The van der Waals surface area contributed by atoms with Crippen LogP contribution in [0.5, 0.6) is 5.75 Å². The first-order valence-corrected chi connectivity index (χ1v) is 10.7. The van der Waals surface area contributed by atoms with Crippen molar-refractivity contribution in [1.29, 1.82) is 0 Å². The predicted octanol–water partition coefficient (Wildman–Crippen LogP) is 4.30. The zero-order valence-corrected chi connectivity index (χ0v) is 17.7. The Labute approximate surface area is 174 Å². The first kappa shape index (κ1) is 25.0. The Hall–Kier alpha value is -2.08. The van der Waals surface area contributed by atoms with Crippen LogP contribution in [0.1, 0.15) is 75.3 Å². The molecular formula is C23H36O6. The standard InChI is InChI=1S/C23H36O6/c1-28-23(27)14-7-3-5-9-18-29-21-13-10-12-19(11-6-2-4-8-17-24)20(21)15-16-22(25)26/h10,12-13,24H,2-9,11,14-18H2,1H3,(H,25,26). The van der Waals surface area contributed by atoms with Gasteiger partial charge in [0.15, 0.2) is 0 Å². The molecule has 0 bridgehead atoms. The summed E-state index contributed by atoms with van der Waals surface area (Å²) in [6.45, 7) is 0.814. The van der Waals surface area contributed by atoms with Gasteiger partial charge in [-0.3, -0.25) is 9.59 Å². The number of carboxylic acids is 1. The van der Waals surface area contributed by atoms with E-state index in [0.717, 1.165) is 74.7 Å². The third kappa shape index (κ3) is 11.5. The van der Waals surface area contributed by atoms with Crippen LogP contribution in [0.25, 0.3) is 0 Å². The quantitative estimate of drug-likeness (QED) is 0.295. The lowest BCUT2D eigenvalue weighted by molar-refractivity contribution is -0.140. The number of rotatable bonds is 17. The van der Waals surface area contributed by atoms with Gasteiger partial charge in [0, 0.05) is 19.4 Å². The van der Waals surface area contributed by atoms with Crippen molar-refractivity contribution in [2.24, 2.45) is 0 Å². The Balaban J connectivity index is 2.52. The molecular weight excluding hydrogens is 372 g/mol. The van der Waals surface area contributed by atoms with Crippen molar-refractivity contribution in [3.05, 3.63) is 29.3 Å². The molecule has 0 radical (unpaired) electrons. The predicted molar refractivity (Wildman–Crippen MR) is 112 cm³/mol. The van der Waals surface area contributed by atoms with E-state index in [1.807, 2.05) is 12.1 Å². The number of carbonyl (C=O) groups excluding carboxylic acids is 1. The highest BCUT2D eigenvalue weighted by atomic mass is 16.5. The van der Waals surface area contributed by atoms with E-state index >= 15 is 0 Å². The molecule has 0 saturated carbocycles. The number of aliphatic hydroxyl groups is 1. The summed E-state index contributed by atoms with van der Waals surface area (Å²) in [7, 11) is 1.40. The Morgan fingerprint density at radius 2 is 1.62 bits per heavy atom. The topological polar surface area (TPSA) is 93.1 Å². The second-order valence-corrected chi connectivity index (χ2v) is 7.26. The summed E-state index contributed by atoms with van der Waals surface area (Å²) in [5.41, 5.74) is 2.16. The number of hydrogen-bond donors (Lipinski definition) is 2. The number of benzene rings is 1. The highest BCUT2D eigenvalue weighted by Gasteiger charge is 2.12.